The van der Waals surface area contributed by atoms with E-state index < -0.39 is 5.41 Å². The van der Waals surface area contributed by atoms with Gasteiger partial charge in [0, 0.05) is 19.8 Å². The van der Waals surface area contributed by atoms with Gasteiger partial charge in [-0.2, -0.15) is 0 Å². The Morgan fingerprint density at radius 2 is 0.548 bits per heavy atom. The molecule has 0 saturated carbocycles. The average molecular weight is 599 g/mol. The van der Waals surface area contributed by atoms with E-state index in [1.807, 2.05) is 0 Å². The molecule has 0 atom stereocenters. The van der Waals surface area contributed by atoms with Crippen LogP contribution in [0.25, 0.3) is 0 Å². The predicted molar refractivity (Wildman–Crippen MR) is 184 cm³/mol. The van der Waals surface area contributed by atoms with Crippen molar-refractivity contribution in [2.75, 3.05) is 46.2 Å². The summed E-state index contributed by atoms with van der Waals surface area (Å²) in [5, 5.41) is 10.4. The molecule has 0 rings (SSSR count). The summed E-state index contributed by atoms with van der Waals surface area (Å²) in [5.41, 5.74) is -0.447. The van der Waals surface area contributed by atoms with Gasteiger partial charge in [0.15, 0.2) is 0 Å². The van der Waals surface area contributed by atoms with Gasteiger partial charge in [0.05, 0.1) is 31.8 Å². The molecule has 0 aromatic heterocycles. The highest BCUT2D eigenvalue weighted by molar-refractivity contribution is 4.78. The minimum Gasteiger partial charge on any atom is -0.396 e. The van der Waals surface area contributed by atoms with Gasteiger partial charge in [-0.1, -0.05) is 175 Å². The van der Waals surface area contributed by atoms with E-state index in [1.165, 1.54) is 154 Å². The molecule has 0 fully saturated rings. The largest absolute Gasteiger partial charge is 0.396 e. The van der Waals surface area contributed by atoms with Crippen LogP contribution < -0.4 is 0 Å². The first-order valence-electron chi connectivity index (χ1n) is 19.1. The van der Waals surface area contributed by atoms with Crippen LogP contribution in [-0.4, -0.2) is 51.4 Å². The molecule has 4 heteroatoms. The normalized spacial score (nSPS) is 12.0. The molecule has 0 aromatic rings. The van der Waals surface area contributed by atoms with Crippen LogP contribution in [0.5, 0.6) is 0 Å². The molecule has 4 nitrogen and oxygen atoms in total. The average Bonchev–Trinajstić information content (AvgIpc) is 3.01. The van der Waals surface area contributed by atoms with Gasteiger partial charge in [-0.25, -0.2) is 0 Å². The van der Waals surface area contributed by atoms with E-state index in [0.717, 1.165) is 39.1 Å². The summed E-state index contributed by atoms with van der Waals surface area (Å²) < 4.78 is 18.4. The Bertz CT molecular complexity index is 419. The predicted octanol–water partition coefficient (Wildman–Crippen LogP) is 11.6. The molecule has 0 spiro atoms. The molecule has 0 aliphatic carbocycles. The fraction of sp³-hybridized carbons (Fsp3) is 1.00. The van der Waals surface area contributed by atoms with E-state index in [9.17, 15) is 5.11 Å². The van der Waals surface area contributed by atoms with Crippen LogP contribution in [0, 0.1) is 5.41 Å². The number of aliphatic hydroxyl groups excluding tert-OH is 1. The van der Waals surface area contributed by atoms with Gasteiger partial charge in [-0.15, -0.1) is 0 Å². The molecule has 0 amide bonds. The highest BCUT2D eigenvalue weighted by Crippen LogP contribution is 2.21. The van der Waals surface area contributed by atoms with E-state index in [2.05, 4.69) is 20.8 Å². The van der Waals surface area contributed by atoms with Crippen molar-refractivity contribution in [2.24, 2.45) is 5.41 Å². The van der Waals surface area contributed by atoms with Crippen molar-refractivity contribution >= 4 is 0 Å². The van der Waals surface area contributed by atoms with E-state index >= 15 is 0 Å². The fourth-order valence-corrected chi connectivity index (χ4v) is 5.67. The second-order valence-electron chi connectivity index (χ2n) is 13.3. The lowest BCUT2D eigenvalue weighted by Crippen LogP contribution is -2.41. The molecule has 0 unspecified atom stereocenters. The van der Waals surface area contributed by atoms with E-state index in [1.54, 1.807) is 0 Å². The number of hydrogen-bond acceptors (Lipinski definition) is 4. The Hall–Kier alpha value is -0.160. The summed E-state index contributed by atoms with van der Waals surface area (Å²) >= 11 is 0. The Labute approximate surface area is 264 Å². The maximum absolute atomic E-state index is 10.4. The number of ether oxygens (including phenoxy) is 3. The van der Waals surface area contributed by atoms with Crippen molar-refractivity contribution in [1.82, 2.24) is 0 Å². The van der Waals surface area contributed by atoms with E-state index in [-0.39, 0.29) is 6.61 Å². The quantitative estimate of drug-likeness (QED) is 0.0723. The van der Waals surface area contributed by atoms with Crippen molar-refractivity contribution in [2.45, 2.75) is 194 Å². The van der Waals surface area contributed by atoms with Crippen LogP contribution in [0.4, 0.5) is 0 Å². The zero-order valence-electron chi connectivity index (χ0n) is 29.2. The third kappa shape index (κ3) is 29.9. The van der Waals surface area contributed by atoms with Crippen LogP contribution in [0.3, 0.4) is 0 Å². The minimum absolute atomic E-state index is 0.0558. The Morgan fingerprint density at radius 1 is 0.333 bits per heavy atom. The molecule has 1 N–H and O–H groups in total. The molecule has 0 bridgehead atoms. The van der Waals surface area contributed by atoms with Gasteiger partial charge in [-0.3, -0.25) is 0 Å². The summed E-state index contributed by atoms with van der Waals surface area (Å²) in [7, 11) is 0. The van der Waals surface area contributed by atoms with Crippen molar-refractivity contribution in [3.8, 4) is 0 Å². The highest BCUT2D eigenvalue weighted by atomic mass is 16.5. The van der Waals surface area contributed by atoms with Crippen molar-refractivity contribution in [3.63, 3.8) is 0 Å². The molecule has 0 radical (unpaired) electrons. The monoisotopic (exact) mass is 599 g/mol. The maximum Gasteiger partial charge on any atom is 0.0635 e. The first-order chi connectivity index (χ1) is 20.7. The second kappa shape index (κ2) is 35.3. The molecule has 0 heterocycles. The van der Waals surface area contributed by atoms with Gasteiger partial charge < -0.3 is 19.3 Å². The number of aliphatic hydroxyl groups is 1. The molecule has 254 valence electrons. The summed E-state index contributed by atoms with van der Waals surface area (Å²) in [5.74, 6) is 0. The highest BCUT2D eigenvalue weighted by Gasteiger charge is 2.31. The van der Waals surface area contributed by atoms with Crippen molar-refractivity contribution in [3.05, 3.63) is 0 Å². The summed E-state index contributed by atoms with van der Waals surface area (Å²) in [6.45, 7) is 10.8. The molecule has 42 heavy (non-hydrogen) atoms. The molecular weight excluding hydrogens is 520 g/mol. The van der Waals surface area contributed by atoms with Crippen LogP contribution in [0.1, 0.15) is 194 Å². The standard InChI is InChI=1S/C38H78O4/c1-4-7-10-13-16-19-22-25-28-31-40-35-38(34-39,36-41-32-29-26-23-20-17-14-11-8-5-2)37-42-33-30-27-24-21-18-15-12-9-6-3/h39H,4-37H2,1-3H3. The van der Waals surface area contributed by atoms with Crippen molar-refractivity contribution < 1.29 is 19.3 Å². The number of hydrogen-bond donors (Lipinski definition) is 1. The summed E-state index contributed by atoms with van der Waals surface area (Å²) in [6, 6.07) is 0. The zero-order chi connectivity index (χ0) is 30.7. The third-order valence-corrected chi connectivity index (χ3v) is 8.74. The fourth-order valence-electron chi connectivity index (χ4n) is 5.67. The van der Waals surface area contributed by atoms with Crippen LogP contribution in [0.2, 0.25) is 0 Å². The molecule has 0 aromatic carbocycles. The smallest absolute Gasteiger partial charge is 0.0635 e. The van der Waals surface area contributed by atoms with E-state index in [0.29, 0.717) is 19.8 Å². The maximum atomic E-state index is 10.4. The van der Waals surface area contributed by atoms with Crippen LogP contribution in [-0.2, 0) is 14.2 Å². The first-order valence-corrected chi connectivity index (χ1v) is 19.1. The lowest BCUT2D eigenvalue weighted by atomic mass is 9.92. The lowest BCUT2D eigenvalue weighted by Gasteiger charge is -2.31. The molecule has 0 aliphatic rings. The van der Waals surface area contributed by atoms with Gasteiger partial charge in [0.2, 0.25) is 0 Å². The zero-order valence-corrected chi connectivity index (χ0v) is 29.2. The van der Waals surface area contributed by atoms with Crippen LogP contribution >= 0.6 is 0 Å². The Kier molecular flexibility index (Phi) is 35.2. The number of rotatable bonds is 37. The Balaban J connectivity index is 4.21. The Morgan fingerprint density at radius 3 is 0.762 bits per heavy atom. The van der Waals surface area contributed by atoms with Gasteiger partial charge in [-0.05, 0) is 19.3 Å². The third-order valence-electron chi connectivity index (χ3n) is 8.74. The number of unbranched alkanes of at least 4 members (excludes halogenated alkanes) is 24. The molecule has 0 saturated heterocycles. The lowest BCUT2D eigenvalue weighted by molar-refractivity contribution is -0.0937. The summed E-state index contributed by atoms with van der Waals surface area (Å²) in [6.07, 6.45) is 35.6. The second-order valence-corrected chi connectivity index (χ2v) is 13.3. The van der Waals surface area contributed by atoms with Gasteiger partial charge in [0.25, 0.3) is 0 Å². The molecular formula is C38H78O4. The summed E-state index contributed by atoms with van der Waals surface area (Å²) in [4.78, 5) is 0. The van der Waals surface area contributed by atoms with Gasteiger partial charge >= 0.3 is 0 Å². The SMILES string of the molecule is CCCCCCCCCCCOCC(CO)(COCCCCCCCCCCC)COCCCCCCCCCCC. The topological polar surface area (TPSA) is 47.9 Å². The van der Waals surface area contributed by atoms with Crippen molar-refractivity contribution in [1.29, 1.82) is 0 Å². The molecule has 0 aliphatic heterocycles. The minimum atomic E-state index is -0.447. The van der Waals surface area contributed by atoms with Gasteiger partial charge in [0.1, 0.15) is 0 Å². The van der Waals surface area contributed by atoms with Crippen LogP contribution in [0.15, 0.2) is 0 Å². The van der Waals surface area contributed by atoms with E-state index in [4.69, 9.17) is 14.2 Å². The first kappa shape index (κ1) is 41.8.